The maximum absolute atomic E-state index is 6.65. The molecule has 6 rings (SSSR count). The molecule has 212 valence electrons. The molecule has 0 N–H and O–H groups in total. The van der Waals surface area contributed by atoms with Gasteiger partial charge in [0.1, 0.15) is 24.1 Å². The second kappa shape index (κ2) is 13.4. The van der Waals surface area contributed by atoms with E-state index in [9.17, 15) is 0 Å². The van der Waals surface area contributed by atoms with Crippen LogP contribution in [0.5, 0.6) is 5.75 Å². The van der Waals surface area contributed by atoms with Gasteiger partial charge in [0, 0.05) is 12.0 Å². The summed E-state index contributed by atoms with van der Waals surface area (Å²) in [6, 6.07) is 38.4. The van der Waals surface area contributed by atoms with Gasteiger partial charge in [0.15, 0.2) is 6.29 Å². The van der Waals surface area contributed by atoms with Gasteiger partial charge in [-0.3, -0.25) is 0 Å². The van der Waals surface area contributed by atoms with E-state index in [1.165, 1.54) is 0 Å². The topological polar surface area (TPSA) is 55.4 Å². The molecule has 0 amide bonds. The van der Waals surface area contributed by atoms with Gasteiger partial charge in [-0.2, -0.15) is 0 Å². The van der Waals surface area contributed by atoms with Gasteiger partial charge in [0.25, 0.3) is 0 Å². The summed E-state index contributed by atoms with van der Waals surface area (Å²) < 4.78 is 38.4. The van der Waals surface area contributed by atoms with E-state index in [1.807, 2.05) is 91.0 Å². The van der Waals surface area contributed by atoms with Crippen molar-refractivity contribution in [3.63, 3.8) is 0 Å². The molecule has 1 saturated heterocycles. The van der Waals surface area contributed by atoms with Crippen LogP contribution in [-0.2, 0) is 43.5 Å². The molecule has 1 aliphatic carbocycles. The number of hydrogen-bond acceptors (Lipinski definition) is 6. The Kier molecular flexibility index (Phi) is 9.05. The van der Waals surface area contributed by atoms with E-state index in [0.717, 1.165) is 28.0 Å². The molecule has 1 aliphatic heterocycles. The molecule has 2 fully saturated rings. The highest BCUT2D eigenvalue weighted by molar-refractivity contribution is 5.27. The molecule has 0 aromatic heterocycles. The van der Waals surface area contributed by atoms with Crippen LogP contribution >= 0.6 is 0 Å². The Balaban J connectivity index is 1.27. The van der Waals surface area contributed by atoms with Gasteiger partial charge in [-0.25, -0.2) is 0 Å². The minimum Gasteiger partial charge on any atom is -0.497 e. The summed E-state index contributed by atoms with van der Waals surface area (Å²) in [6.07, 6.45) is -1.45. The quantitative estimate of drug-likeness (QED) is 0.208. The first-order valence-electron chi connectivity index (χ1n) is 14.2. The minimum absolute atomic E-state index is 0.247. The van der Waals surface area contributed by atoms with Crippen molar-refractivity contribution in [2.45, 2.75) is 63.1 Å². The monoisotopic (exact) mass is 552 g/mol. The van der Waals surface area contributed by atoms with E-state index in [0.29, 0.717) is 26.2 Å². The Labute approximate surface area is 241 Å². The molecule has 4 aromatic rings. The summed E-state index contributed by atoms with van der Waals surface area (Å²) in [5.74, 6) is 0.810. The zero-order valence-electron chi connectivity index (χ0n) is 23.2. The van der Waals surface area contributed by atoms with Crippen LogP contribution in [0.15, 0.2) is 115 Å². The highest BCUT2D eigenvalue weighted by Gasteiger charge is 2.53. The second-order valence-corrected chi connectivity index (χ2v) is 10.5. The fourth-order valence-corrected chi connectivity index (χ4v) is 5.51. The third-order valence-corrected chi connectivity index (χ3v) is 7.69. The van der Waals surface area contributed by atoms with Gasteiger partial charge < -0.3 is 28.4 Å². The predicted octanol–water partition coefficient (Wildman–Crippen LogP) is 6.64. The SMILES string of the molecule is COc1ccc(COC2[C@H]3OC(c4ccccc4)O[C@@H]2[C@@H](OCc2ccccc2)C[C@H]3OCc2ccccc2)cc1. The third kappa shape index (κ3) is 6.87. The van der Waals surface area contributed by atoms with E-state index < -0.39 is 6.29 Å². The van der Waals surface area contributed by atoms with Crippen molar-refractivity contribution in [2.75, 3.05) is 7.11 Å². The third-order valence-electron chi connectivity index (χ3n) is 7.69. The molecule has 41 heavy (non-hydrogen) atoms. The van der Waals surface area contributed by atoms with Crippen LogP contribution in [0.25, 0.3) is 0 Å². The number of ether oxygens (including phenoxy) is 6. The Hall–Kier alpha value is -3.52. The first-order chi connectivity index (χ1) is 20.3. The maximum atomic E-state index is 6.65. The number of rotatable bonds is 11. The van der Waals surface area contributed by atoms with Crippen molar-refractivity contribution in [2.24, 2.45) is 0 Å². The molecule has 0 spiro atoms. The number of fused-ring (bicyclic) bond motifs is 2. The molecular formula is C35H36O6. The first-order valence-corrected chi connectivity index (χ1v) is 14.2. The smallest absolute Gasteiger partial charge is 0.184 e. The molecule has 1 saturated carbocycles. The molecule has 2 aliphatic rings. The first kappa shape index (κ1) is 27.6. The normalized spacial score (nSPS) is 25.5. The van der Waals surface area contributed by atoms with Gasteiger partial charge in [0.2, 0.25) is 0 Å². The Morgan fingerprint density at radius 3 is 1.54 bits per heavy atom. The van der Waals surface area contributed by atoms with Crippen molar-refractivity contribution in [3.8, 4) is 5.75 Å². The van der Waals surface area contributed by atoms with E-state index in [2.05, 4.69) is 24.3 Å². The zero-order chi connectivity index (χ0) is 27.9. The number of methoxy groups -OCH3 is 1. The lowest BCUT2D eigenvalue weighted by atomic mass is 9.85. The van der Waals surface area contributed by atoms with Crippen molar-refractivity contribution in [3.05, 3.63) is 138 Å². The van der Waals surface area contributed by atoms with E-state index >= 15 is 0 Å². The molecule has 2 bridgehead atoms. The Morgan fingerprint density at radius 2 is 1.02 bits per heavy atom. The lowest BCUT2D eigenvalue weighted by molar-refractivity contribution is -0.355. The van der Waals surface area contributed by atoms with Gasteiger partial charge in [0.05, 0.1) is 39.1 Å². The molecule has 0 radical (unpaired) electrons. The van der Waals surface area contributed by atoms with Crippen molar-refractivity contribution in [1.82, 2.24) is 0 Å². The number of benzene rings is 4. The van der Waals surface area contributed by atoms with Crippen LogP contribution in [0.3, 0.4) is 0 Å². The van der Waals surface area contributed by atoms with Crippen LogP contribution in [0.2, 0.25) is 0 Å². The van der Waals surface area contributed by atoms with Crippen molar-refractivity contribution in [1.29, 1.82) is 0 Å². The highest BCUT2D eigenvalue weighted by atomic mass is 16.7. The largest absolute Gasteiger partial charge is 0.497 e. The molecule has 2 unspecified atom stereocenters. The summed E-state index contributed by atoms with van der Waals surface area (Å²) in [4.78, 5) is 0. The number of hydrogen-bond donors (Lipinski definition) is 0. The summed E-state index contributed by atoms with van der Waals surface area (Å²) in [5, 5.41) is 0. The summed E-state index contributed by atoms with van der Waals surface area (Å²) in [7, 11) is 1.66. The standard InChI is InChI=1S/C35H36O6/c1-36-29-19-17-27(18-20-29)24-39-34-32-30(37-22-25-11-5-2-6-12-25)21-31(38-23-26-13-7-3-8-14-26)33(34)41-35(40-32)28-15-9-4-10-16-28/h2-20,30-35H,21-24H2,1H3/t30-,31+,32+,33-,34?,35?. The summed E-state index contributed by atoms with van der Waals surface area (Å²) in [6.45, 7) is 1.36. The Bertz CT molecular complexity index is 1270. The van der Waals surface area contributed by atoms with Crippen LogP contribution in [0, 0.1) is 0 Å². The van der Waals surface area contributed by atoms with E-state index in [-0.39, 0.29) is 30.5 Å². The molecule has 6 atom stereocenters. The van der Waals surface area contributed by atoms with E-state index in [1.54, 1.807) is 7.11 Å². The lowest BCUT2D eigenvalue weighted by Crippen LogP contribution is -2.63. The fraction of sp³-hybridized carbons (Fsp3) is 0.314. The molecule has 6 nitrogen and oxygen atoms in total. The van der Waals surface area contributed by atoms with Crippen LogP contribution in [0.4, 0.5) is 0 Å². The Morgan fingerprint density at radius 1 is 0.561 bits per heavy atom. The molecule has 4 aromatic carbocycles. The predicted molar refractivity (Wildman–Crippen MR) is 155 cm³/mol. The minimum atomic E-state index is -0.544. The van der Waals surface area contributed by atoms with Gasteiger partial charge in [-0.05, 0) is 28.8 Å². The van der Waals surface area contributed by atoms with Crippen LogP contribution in [0.1, 0.15) is 35.0 Å². The van der Waals surface area contributed by atoms with E-state index in [4.69, 9.17) is 28.4 Å². The maximum Gasteiger partial charge on any atom is 0.184 e. The summed E-state index contributed by atoms with van der Waals surface area (Å²) >= 11 is 0. The van der Waals surface area contributed by atoms with Crippen molar-refractivity contribution >= 4 is 0 Å². The average molecular weight is 553 g/mol. The molecular weight excluding hydrogens is 516 g/mol. The molecule has 1 heterocycles. The zero-order valence-corrected chi connectivity index (χ0v) is 23.2. The van der Waals surface area contributed by atoms with Gasteiger partial charge >= 0.3 is 0 Å². The average Bonchev–Trinajstić information content (AvgIpc) is 3.04. The molecule has 6 heteroatoms. The summed E-state index contributed by atoms with van der Waals surface area (Å²) in [5.41, 5.74) is 4.22. The lowest BCUT2D eigenvalue weighted by Gasteiger charge is -2.51. The van der Waals surface area contributed by atoms with Gasteiger partial charge in [-0.1, -0.05) is 103 Å². The highest BCUT2D eigenvalue weighted by Crippen LogP contribution is 2.42. The second-order valence-electron chi connectivity index (χ2n) is 10.5. The van der Waals surface area contributed by atoms with Crippen molar-refractivity contribution < 1.29 is 28.4 Å². The van der Waals surface area contributed by atoms with Gasteiger partial charge in [-0.15, -0.1) is 0 Å². The van der Waals surface area contributed by atoms with Crippen LogP contribution < -0.4 is 4.74 Å². The fourth-order valence-electron chi connectivity index (χ4n) is 5.51. The van der Waals surface area contributed by atoms with Crippen LogP contribution in [-0.4, -0.2) is 37.6 Å².